The van der Waals surface area contributed by atoms with Crippen molar-refractivity contribution in [2.45, 2.75) is 6.42 Å². The highest BCUT2D eigenvalue weighted by molar-refractivity contribution is 5.51. The first-order valence-corrected chi connectivity index (χ1v) is 6.15. The van der Waals surface area contributed by atoms with Crippen molar-refractivity contribution in [3.8, 4) is 5.75 Å². The number of ether oxygens (including phenoxy) is 1. The largest absolute Gasteiger partial charge is 0.497 e. The molecule has 0 aromatic heterocycles. The third kappa shape index (κ3) is 3.42. The molecular weight excluding hydrogens is 284 g/mol. The standard InChI is InChI=1S/C16H12F4O/c1-21-11-7-5-10(6-8-11)3-2-4-12-15(19)13(17)9-14(18)16(12)20/h2-3,5-9H,4H2,1H3/b3-2+. The van der Waals surface area contributed by atoms with Gasteiger partial charge in [0.25, 0.3) is 0 Å². The zero-order chi connectivity index (χ0) is 15.4. The molecule has 0 N–H and O–H groups in total. The lowest BCUT2D eigenvalue weighted by Crippen LogP contribution is -2.01. The summed E-state index contributed by atoms with van der Waals surface area (Å²) in [4.78, 5) is 0. The van der Waals surface area contributed by atoms with Crippen molar-refractivity contribution in [2.24, 2.45) is 0 Å². The Morgan fingerprint density at radius 2 is 1.52 bits per heavy atom. The van der Waals surface area contributed by atoms with Crippen molar-refractivity contribution in [1.82, 2.24) is 0 Å². The molecule has 0 unspecified atom stereocenters. The van der Waals surface area contributed by atoms with E-state index in [2.05, 4.69) is 0 Å². The third-order valence-corrected chi connectivity index (χ3v) is 2.95. The summed E-state index contributed by atoms with van der Waals surface area (Å²) in [6.07, 6.45) is 2.78. The fourth-order valence-corrected chi connectivity index (χ4v) is 1.83. The van der Waals surface area contributed by atoms with Crippen LogP contribution in [-0.2, 0) is 6.42 Å². The van der Waals surface area contributed by atoms with Gasteiger partial charge in [0.05, 0.1) is 7.11 Å². The first-order valence-electron chi connectivity index (χ1n) is 6.15. The fourth-order valence-electron chi connectivity index (χ4n) is 1.83. The minimum Gasteiger partial charge on any atom is -0.497 e. The van der Waals surface area contributed by atoms with Crippen LogP contribution in [0.3, 0.4) is 0 Å². The van der Waals surface area contributed by atoms with Crippen LogP contribution >= 0.6 is 0 Å². The Bertz CT molecular complexity index is 637. The summed E-state index contributed by atoms with van der Waals surface area (Å²) in [5, 5.41) is 0. The Hall–Kier alpha value is -2.30. The van der Waals surface area contributed by atoms with E-state index < -0.39 is 28.8 Å². The molecule has 0 aliphatic rings. The fraction of sp³-hybridized carbons (Fsp3) is 0.125. The molecule has 0 fully saturated rings. The smallest absolute Gasteiger partial charge is 0.165 e. The SMILES string of the molecule is COc1ccc(/C=C/Cc2c(F)c(F)cc(F)c2F)cc1. The van der Waals surface area contributed by atoms with Crippen LogP contribution < -0.4 is 4.74 Å². The Labute approximate surface area is 119 Å². The second-order valence-electron chi connectivity index (χ2n) is 4.33. The number of rotatable bonds is 4. The monoisotopic (exact) mass is 296 g/mol. The maximum Gasteiger partial charge on any atom is 0.165 e. The van der Waals surface area contributed by atoms with Gasteiger partial charge in [0, 0.05) is 11.6 Å². The van der Waals surface area contributed by atoms with Crippen molar-refractivity contribution in [3.05, 3.63) is 70.8 Å². The molecule has 0 heterocycles. The lowest BCUT2D eigenvalue weighted by atomic mass is 10.1. The van der Waals surface area contributed by atoms with Crippen LogP contribution in [0.15, 0.2) is 36.4 Å². The van der Waals surface area contributed by atoms with Gasteiger partial charge in [-0.15, -0.1) is 0 Å². The van der Waals surface area contributed by atoms with Crippen LogP contribution in [0.2, 0.25) is 0 Å². The summed E-state index contributed by atoms with van der Waals surface area (Å²) < 4.78 is 57.9. The van der Waals surface area contributed by atoms with Gasteiger partial charge in [0.2, 0.25) is 0 Å². The summed E-state index contributed by atoms with van der Waals surface area (Å²) in [5.74, 6) is -4.86. The lowest BCUT2D eigenvalue weighted by Gasteiger charge is -2.04. The number of allylic oxidation sites excluding steroid dienone is 1. The average molecular weight is 296 g/mol. The van der Waals surface area contributed by atoms with E-state index in [1.54, 1.807) is 30.3 Å². The minimum absolute atomic E-state index is 0.196. The zero-order valence-electron chi connectivity index (χ0n) is 11.2. The van der Waals surface area contributed by atoms with E-state index in [1.807, 2.05) is 0 Å². The normalized spacial score (nSPS) is 11.1. The first kappa shape index (κ1) is 15.1. The first-order chi connectivity index (χ1) is 10.0. The topological polar surface area (TPSA) is 9.23 Å². The van der Waals surface area contributed by atoms with Crippen LogP contribution in [0.4, 0.5) is 17.6 Å². The van der Waals surface area contributed by atoms with Crippen LogP contribution in [0.5, 0.6) is 5.75 Å². The van der Waals surface area contributed by atoms with Crippen LogP contribution in [0, 0.1) is 23.3 Å². The van der Waals surface area contributed by atoms with Gasteiger partial charge >= 0.3 is 0 Å². The second-order valence-corrected chi connectivity index (χ2v) is 4.33. The molecule has 2 aromatic carbocycles. The maximum atomic E-state index is 13.4. The molecular formula is C16H12F4O. The lowest BCUT2D eigenvalue weighted by molar-refractivity contribution is 0.415. The minimum atomic E-state index is -1.40. The molecule has 0 aliphatic heterocycles. The molecule has 0 saturated heterocycles. The summed E-state index contributed by atoms with van der Waals surface area (Å²) in [5.41, 5.74) is 0.144. The zero-order valence-corrected chi connectivity index (χ0v) is 11.2. The highest BCUT2D eigenvalue weighted by Gasteiger charge is 2.17. The molecule has 0 saturated carbocycles. The van der Waals surface area contributed by atoms with Crippen LogP contribution in [-0.4, -0.2) is 7.11 Å². The van der Waals surface area contributed by atoms with Crippen molar-refractivity contribution < 1.29 is 22.3 Å². The molecule has 5 heteroatoms. The number of methoxy groups -OCH3 is 1. The van der Waals surface area contributed by atoms with Gasteiger partial charge in [-0.3, -0.25) is 0 Å². The van der Waals surface area contributed by atoms with Crippen LogP contribution in [0.1, 0.15) is 11.1 Å². The molecule has 0 aliphatic carbocycles. The van der Waals surface area contributed by atoms with Crippen LogP contribution in [0.25, 0.3) is 6.08 Å². The van der Waals surface area contributed by atoms with Crippen molar-refractivity contribution in [3.63, 3.8) is 0 Å². The molecule has 110 valence electrons. The van der Waals surface area contributed by atoms with Gasteiger partial charge in [-0.1, -0.05) is 24.3 Å². The van der Waals surface area contributed by atoms with Crippen molar-refractivity contribution in [2.75, 3.05) is 7.11 Å². The highest BCUT2D eigenvalue weighted by atomic mass is 19.2. The van der Waals surface area contributed by atoms with Gasteiger partial charge < -0.3 is 4.74 Å². The molecule has 1 nitrogen and oxygen atoms in total. The molecule has 0 bridgehead atoms. The third-order valence-electron chi connectivity index (χ3n) is 2.95. The Balaban J connectivity index is 2.17. The molecule has 0 atom stereocenters. The quantitative estimate of drug-likeness (QED) is 0.596. The van der Waals surface area contributed by atoms with E-state index >= 15 is 0 Å². The summed E-state index contributed by atoms with van der Waals surface area (Å²) in [6, 6.07) is 7.13. The van der Waals surface area contributed by atoms with Gasteiger partial charge in [-0.25, -0.2) is 17.6 Å². The van der Waals surface area contributed by atoms with E-state index in [-0.39, 0.29) is 12.5 Å². The Kier molecular flexibility index (Phi) is 4.62. The molecule has 0 amide bonds. The van der Waals surface area contributed by atoms with E-state index in [0.717, 1.165) is 5.56 Å². The summed E-state index contributed by atoms with van der Waals surface area (Å²) in [7, 11) is 1.54. The second kappa shape index (κ2) is 6.43. The van der Waals surface area contributed by atoms with E-state index in [4.69, 9.17) is 4.74 Å². The highest BCUT2D eigenvalue weighted by Crippen LogP contribution is 2.20. The van der Waals surface area contributed by atoms with E-state index in [9.17, 15) is 17.6 Å². The van der Waals surface area contributed by atoms with Gasteiger partial charge in [-0.2, -0.15) is 0 Å². The number of benzene rings is 2. The number of hydrogen-bond donors (Lipinski definition) is 0. The molecule has 0 spiro atoms. The van der Waals surface area contributed by atoms with E-state index in [0.29, 0.717) is 5.75 Å². The van der Waals surface area contributed by atoms with Gasteiger partial charge in [0.15, 0.2) is 23.3 Å². The summed E-state index contributed by atoms with van der Waals surface area (Å²) in [6.45, 7) is 0. The molecule has 21 heavy (non-hydrogen) atoms. The average Bonchev–Trinajstić information content (AvgIpc) is 2.49. The predicted octanol–water partition coefficient (Wildman–Crippen LogP) is 4.51. The van der Waals surface area contributed by atoms with E-state index in [1.165, 1.54) is 13.2 Å². The van der Waals surface area contributed by atoms with Gasteiger partial charge in [0.1, 0.15) is 5.75 Å². The predicted molar refractivity (Wildman–Crippen MR) is 72.0 cm³/mol. The molecule has 2 rings (SSSR count). The molecule has 0 radical (unpaired) electrons. The van der Waals surface area contributed by atoms with Crippen molar-refractivity contribution >= 4 is 6.08 Å². The van der Waals surface area contributed by atoms with Gasteiger partial charge in [-0.05, 0) is 24.1 Å². The Morgan fingerprint density at radius 1 is 0.952 bits per heavy atom. The Morgan fingerprint density at radius 3 is 2.05 bits per heavy atom. The van der Waals surface area contributed by atoms with Crippen molar-refractivity contribution in [1.29, 1.82) is 0 Å². The number of hydrogen-bond acceptors (Lipinski definition) is 1. The molecule has 2 aromatic rings. The summed E-state index contributed by atoms with van der Waals surface area (Å²) >= 11 is 0. The number of halogens is 4. The maximum absolute atomic E-state index is 13.4.